The second kappa shape index (κ2) is 6.53. The molecule has 1 aliphatic rings. The maximum Gasteiger partial charge on any atom is 0.265 e. The molecule has 2 aromatic carbocycles. The van der Waals surface area contributed by atoms with Gasteiger partial charge in [0.15, 0.2) is 11.5 Å². The molecule has 2 amide bonds. The van der Waals surface area contributed by atoms with Gasteiger partial charge in [-0.25, -0.2) is 4.90 Å². The first-order chi connectivity index (χ1) is 11.5. The third-order valence-corrected chi connectivity index (χ3v) is 4.21. The topological polar surface area (TPSA) is 55.8 Å². The number of hydrogen-bond donors (Lipinski definition) is 0. The van der Waals surface area contributed by atoms with Crippen molar-refractivity contribution in [3.8, 4) is 11.5 Å². The summed E-state index contributed by atoms with van der Waals surface area (Å²) < 4.78 is 10.4. The molecule has 2 aromatic rings. The minimum absolute atomic E-state index is 0.232. The van der Waals surface area contributed by atoms with Crippen LogP contribution in [0.25, 0.3) is 0 Å². The third kappa shape index (κ3) is 2.83. The maximum atomic E-state index is 12.9. The number of nitrogens with zero attached hydrogens (tertiary/aromatic N) is 1. The number of anilines is 1. The van der Waals surface area contributed by atoms with Crippen LogP contribution in [-0.2, 0) is 11.2 Å². The lowest BCUT2D eigenvalue weighted by atomic mass is 10.00. The van der Waals surface area contributed by atoms with E-state index < -0.39 is 5.91 Å². The van der Waals surface area contributed by atoms with Crippen LogP contribution >= 0.6 is 11.6 Å². The van der Waals surface area contributed by atoms with E-state index in [9.17, 15) is 9.59 Å². The summed E-state index contributed by atoms with van der Waals surface area (Å²) in [5, 5.41) is 0.585. The van der Waals surface area contributed by atoms with E-state index >= 15 is 0 Å². The lowest BCUT2D eigenvalue weighted by Gasteiger charge is -2.28. The van der Waals surface area contributed by atoms with Gasteiger partial charge in [0.05, 0.1) is 19.9 Å². The maximum absolute atomic E-state index is 12.9. The predicted molar refractivity (Wildman–Crippen MR) is 91.1 cm³/mol. The molecule has 24 heavy (non-hydrogen) atoms. The predicted octanol–water partition coefficient (Wildman–Crippen LogP) is 3.48. The fraction of sp³-hybridized carbons (Fsp3) is 0.222. The van der Waals surface area contributed by atoms with Crippen LogP contribution in [0.4, 0.5) is 5.69 Å². The summed E-state index contributed by atoms with van der Waals surface area (Å²) in [6.07, 6.45) is 0.844. The third-order valence-electron chi connectivity index (χ3n) is 3.97. The zero-order chi connectivity index (χ0) is 17.3. The molecule has 0 aliphatic carbocycles. The van der Waals surface area contributed by atoms with Crippen molar-refractivity contribution < 1.29 is 19.1 Å². The van der Waals surface area contributed by atoms with E-state index in [1.807, 2.05) is 0 Å². The second-order valence-corrected chi connectivity index (χ2v) is 5.81. The first-order valence-electron chi connectivity index (χ1n) is 7.43. The molecule has 1 aliphatic heterocycles. The van der Waals surface area contributed by atoms with Crippen LogP contribution in [0.3, 0.4) is 0 Å². The molecule has 0 atom stereocenters. The van der Waals surface area contributed by atoms with E-state index in [0.29, 0.717) is 34.2 Å². The monoisotopic (exact) mass is 345 g/mol. The first-order valence-corrected chi connectivity index (χ1v) is 7.80. The summed E-state index contributed by atoms with van der Waals surface area (Å²) in [6.45, 7) is 0. The van der Waals surface area contributed by atoms with E-state index in [1.54, 1.807) is 36.4 Å². The Morgan fingerprint density at radius 2 is 1.79 bits per heavy atom. The van der Waals surface area contributed by atoms with Crippen molar-refractivity contribution in [1.82, 2.24) is 0 Å². The summed E-state index contributed by atoms with van der Waals surface area (Å²) >= 11 is 6.01. The Balaban J connectivity index is 2.02. The number of imide groups is 1. The number of halogens is 1. The standard InChI is InChI=1S/C18H16ClNO4/c1-23-15-7-3-12(10-16(15)24-2)18(22)20-14-6-5-13(19)9-11(14)4-8-17(20)21/h3,5-7,9-10H,4,8H2,1-2H3. The SMILES string of the molecule is COc1ccc(C(=O)N2C(=O)CCc3cc(Cl)ccc32)cc1OC. The van der Waals surface area contributed by atoms with Crippen molar-refractivity contribution in [1.29, 1.82) is 0 Å². The number of aryl methyl sites for hydroxylation is 1. The highest BCUT2D eigenvalue weighted by Crippen LogP contribution is 2.33. The molecular formula is C18H16ClNO4. The molecule has 0 fully saturated rings. The van der Waals surface area contributed by atoms with Crippen LogP contribution in [-0.4, -0.2) is 26.0 Å². The van der Waals surface area contributed by atoms with E-state index in [0.717, 1.165) is 5.56 Å². The molecule has 0 saturated carbocycles. The molecule has 0 aromatic heterocycles. The Bertz CT molecular complexity index is 819. The van der Waals surface area contributed by atoms with Crippen LogP contribution < -0.4 is 14.4 Å². The van der Waals surface area contributed by atoms with Gasteiger partial charge in [0, 0.05) is 17.0 Å². The van der Waals surface area contributed by atoms with Crippen molar-refractivity contribution in [3.63, 3.8) is 0 Å². The average molecular weight is 346 g/mol. The van der Waals surface area contributed by atoms with Gasteiger partial charge in [-0.2, -0.15) is 0 Å². The second-order valence-electron chi connectivity index (χ2n) is 5.38. The van der Waals surface area contributed by atoms with Gasteiger partial charge < -0.3 is 9.47 Å². The quantitative estimate of drug-likeness (QED) is 0.799. The normalized spacial score (nSPS) is 13.5. The Kier molecular flexibility index (Phi) is 4.44. The Hall–Kier alpha value is -2.53. The van der Waals surface area contributed by atoms with Gasteiger partial charge in [-0.1, -0.05) is 11.6 Å². The van der Waals surface area contributed by atoms with Crippen LogP contribution in [0.15, 0.2) is 36.4 Å². The number of carbonyl (C=O) groups is 2. The minimum Gasteiger partial charge on any atom is -0.493 e. The zero-order valence-corrected chi connectivity index (χ0v) is 14.1. The largest absolute Gasteiger partial charge is 0.493 e. The molecule has 0 N–H and O–H groups in total. The molecule has 0 spiro atoms. The minimum atomic E-state index is -0.399. The van der Waals surface area contributed by atoms with Gasteiger partial charge in [-0.3, -0.25) is 9.59 Å². The lowest BCUT2D eigenvalue weighted by molar-refractivity contribution is -0.118. The van der Waals surface area contributed by atoms with Crippen molar-refractivity contribution >= 4 is 29.1 Å². The van der Waals surface area contributed by atoms with Crippen LogP contribution in [0.5, 0.6) is 11.5 Å². The van der Waals surface area contributed by atoms with E-state index in [-0.39, 0.29) is 12.3 Å². The fourth-order valence-corrected chi connectivity index (χ4v) is 2.98. The van der Waals surface area contributed by atoms with Crippen molar-refractivity contribution in [2.24, 2.45) is 0 Å². The highest BCUT2D eigenvalue weighted by molar-refractivity contribution is 6.31. The summed E-state index contributed by atoms with van der Waals surface area (Å²) in [5.74, 6) is 0.323. The highest BCUT2D eigenvalue weighted by atomic mass is 35.5. The number of ether oxygens (including phenoxy) is 2. The van der Waals surface area contributed by atoms with Gasteiger partial charge in [0.2, 0.25) is 5.91 Å². The summed E-state index contributed by atoms with van der Waals surface area (Å²) in [4.78, 5) is 26.5. The fourth-order valence-electron chi connectivity index (χ4n) is 2.78. The van der Waals surface area contributed by atoms with Gasteiger partial charge in [0.25, 0.3) is 5.91 Å². The summed E-state index contributed by atoms with van der Waals surface area (Å²) in [6, 6.07) is 9.99. The molecular weight excluding hydrogens is 330 g/mol. The smallest absolute Gasteiger partial charge is 0.265 e. The Labute approximate surface area is 144 Å². The number of methoxy groups -OCH3 is 2. The van der Waals surface area contributed by atoms with Gasteiger partial charge in [-0.15, -0.1) is 0 Å². The molecule has 124 valence electrons. The van der Waals surface area contributed by atoms with Crippen molar-refractivity contribution in [3.05, 3.63) is 52.5 Å². The lowest BCUT2D eigenvalue weighted by Crippen LogP contribution is -2.40. The number of carbonyl (C=O) groups excluding carboxylic acids is 2. The number of fused-ring (bicyclic) bond motifs is 1. The molecule has 0 radical (unpaired) electrons. The molecule has 0 bridgehead atoms. The Morgan fingerprint density at radius 1 is 1.04 bits per heavy atom. The van der Waals surface area contributed by atoms with Gasteiger partial charge in [0.1, 0.15) is 0 Å². The van der Waals surface area contributed by atoms with E-state index in [4.69, 9.17) is 21.1 Å². The van der Waals surface area contributed by atoms with E-state index in [2.05, 4.69) is 0 Å². The molecule has 0 unspecified atom stereocenters. The molecule has 6 heteroatoms. The Morgan fingerprint density at radius 3 is 2.50 bits per heavy atom. The van der Waals surface area contributed by atoms with Crippen LogP contribution in [0, 0.1) is 0 Å². The van der Waals surface area contributed by atoms with Crippen LogP contribution in [0.2, 0.25) is 5.02 Å². The first kappa shape index (κ1) is 16.3. The summed E-state index contributed by atoms with van der Waals surface area (Å²) in [5.41, 5.74) is 1.81. The van der Waals surface area contributed by atoms with Crippen molar-refractivity contribution in [2.45, 2.75) is 12.8 Å². The number of amides is 2. The summed E-state index contributed by atoms with van der Waals surface area (Å²) in [7, 11) is 3.02. The molecule has 5 nitrogen and oxygen atoms in total. The van der Waals surface area contributed by atoms with Gasteiger partial charge >= 0.3 is 0 Å². The zero-order valence-electron chi connectivity index (χ0n) is 13.3. The van der Waals surface area contributed by atoms with Crippen molar-refractivity contribution in [2.75, 3.05) is 19.1 Å². The molecule has 3 rings (SSSR count). The number of rotatable bonds is 3. The number of hydrogen-bond acceptors (Lipinski definition) is 4. The van der Waals surface area contributed by atoms with Crippen LogP contribution in [0.1, 0.15) is 22.3 Å². The van der Waals surface area contributed by atoms with Gasteiger partial charge in [-0.05, 0) is 48.4 Å². The average Bonchev–Trinajstić information content (AvgIpc) is 2.60. The highest BCUT2D eigenvalue weighted by Gasteiger charge is 2.30. The molecule has 1 heterocycles. The molecule has 0 saturated heterocycles. The van der Waals surface area contributed by atoms with E-state index in [1.165, 1.54) is 19.1 Å². The number of benzene rings is 2.